The van der Waals surface area contributed by atoms with Gasteiger partial charge in [-0.1, -0.05) is 29.5 Å². The fourth-order valence-electron chi connectivity index (χ4n) is 3.24. The average Bonchev–Trinajstić information content (AvgIpc) is 3.11. The van der Waals surface area contributed by atoms with Crippen molar-refractivity contribution in [3.05, 3.63) is 47.3 Å². The molecule has 2 heterocycles. The van der Waals surface area contributed by atoms with Crippen molar-refractivity contribution in [2.75, 3.05) is 19.8 Å². The number of carbonyl (C=O) groups is 2. The summed E-state index contributed by atoms with van der Waals surface area (Å²) in [5, 5.41) is 0. The van der Waals surface area contributed by atoms with Crippen LogP contribution in [-0.2, 0) is 20.9 Å². The first-order chi connectivity index (χ1) is 15.1. The van der Waals surface area contributed by atoms with Gasteiger partial charge >= 0.3 is 5.97 Å². The smallest absolute Gasteiger partial charge is 0.326 e. The summed E-state index contributed by atoms with van der Waals surface area (Å²) >= 11 is 1.29. The number of aromatic nitrogens is 1. The van der Waals surface area contributed by atoms with Crippen LogP contribution in [0.3, 0.4) is 0 Å². The number of hydrogen-bond acceptors (Lipinski definition) is 7. The number of para-hydroxylation sites is 3. The highest BCUT2D eigenvalue weighted by molar-refractivity contribution is 7.16. The van der Waals surface area contributed by atoms with E-state index in [9.17, 15) is 9.59 Å². The largest absolute Gasteiger partial charge is 0.492 e. The molecule has 0 radical (unpaired) electrons. The summed E-state index contributed by atoms with van der Waals surface area (Å²) in [6.45, 7) is 4.33. The number of carbonyl (C=O) groups excluding carboxylic acids is 2. The molecule has 3 aromatic rings. The number of thiazole rings is 1. The number of esters is 1. The van der Waals surface area contributed by atoms with Gasteiger partial charge in [0.15, 0.2) is 16.3 Å². The second-order valence-corrected chi connectivity index (χ2v) is 7.64. The SMILES string of the molecule is CCOC(=O)Cn1c(=NC(=O)C2COc3ccccc3O2)sc2cccc(OCC)c21. The Balaban J connectivity index is 1.73. The number of fused-ring (bicyclic) bond motifs is 2. The molecule has 1 aliphatic rings. The lowest BCUT2D eigenvalue weighted by molar-refractivity contribution is -0.143. The molecule has 0 fully saturated rings. The molecule has 1 aliphatic heterocycles. The first-order valence-electron chi connectivity index (χ1n) is 9.98. The Bertz CT molecular complexity index is 1180. The van der Waals surface area contributed by atoms with E-state index in [0.29, 0.717) is 34.2 Å². The van der Waals surface area contributed by atoms with Gasteiger partial charge < -0.3 is 23.5 Å². The molecule has 31 heavy (non-hydrogen) atoms. The molecule has 2 aromatic carbocycles. The Labute approximate surface area is 182 Å². The molecule has 0 spiro atoms. The van der Waals surface area contributed by atoms with Crippen LogP contribution in [0.15, 0.2) is 47.5 Å². The lowest BCUT2D eigenvalue weighted by atomic mass is 10.2. The van der Waals surface area contributed by atoms with E-state index in [4.69, 9.17) is 18.9 Å². The third-order valence-corrected chi connectivity index (χ3v) is 5.59. The third kappa shape index (κ3) is 4.41. The van der Waals surface area contributed by atoms with Gasteiger partial charge in [-0.3, -0.25) is 9.59 Å². The highest BCUT2D eigenvalue weighted by Crippen LogP contribution is 2.31. The van der Waals surface area contributed by atoms with Crippen LogP contribution in [-0.4, -0.2) is 42.4 Å². The van der Waals surface area contributed by atoms with Crippen molar-refractivity contribution in [2.24, 2.45) is 4.99 Å². The molecule has 9 heteroatoms. The van der Waals surface area contributed by atoms with Gasteiger partial charge in [0.2, 0.25) is 6.10 Å². The molecule has 0 bridgehead atoms. The van der Waals surface area contributed by atoms with Gasteiger partial charge in [0.1, 0.15) is 24.4 Å². The topological polar surface area (TPSA) is 88.4 Å². The predicted molar refractivity (Wildman–Crippen MR) is 115 cm³/mol. The zero-order valence-electron chi connectivity index (χ0n) is 17.2. The average molecular weight is 442 g/mol. The van der Waals surface area contributed by atoms with Gasteiger partial charge in [-0.15, -0.1) is 0 Å². The number of ether oxygens (including phenoxy) is 4. The fraction of sp³-hybridized carbons (Fsp3) is 0.318. The molecular formula is C22H22N2O6S. The van der Waals surface area contributed by atoms with E-state index < -0.39 is 18.0 Å². The highest BCUT2D eigenvalue weighted by Gasteiger charge is 2.27. The summed E-state index contributed by atoms with van der Waals surface area (Å²) in [6.07, 6.45) is -0.873. The molecule has 1 atom stereocenters. The molecule has 8 nitrogen and oxygen atoms in total. The second-order valence-electron chi connectivity index (χ2n) is 6.63. The van der Waals surface area contributed by atoms with E-state index in [1.807, 2.05) is 31.2 Å². The molecular weight excluding hydrogens is 420 g/mol. The minimum Gasteiger partial charge on any atom is -0.492 e. The Hall–Kier alpha value is -3.33. The highest BCUT2D eigenvalue weighted by atomic mass is 32.1. The molecule has 0 aliphatic carbocycles. The summed E-state index contributed by atoms with van der Waals surface area (Å²) in [5.74, 6) is 0.787. The third-order valence-electron chi connectivity index (χ3n) is 4.55. The minimum atomic E-state index is -0.873. The molecule has 1 aromatic heterocycles. The maximum Gasteiger partial charge on any atom is 0.326 e. The monoisotopic (exact) mass is 442 g/mol. The molecule has 0 saturated carbocycles. The summed E-state index contributed by atoms with van der Waals surface area (Å²) < 4.78 is 24.7. The van der Waals surface area contributed by atoms with Crippen LogP contribution in [0.4, 0.5) is 0 Å². The van der Waals surface area contributed by atoms with Gasteiger partial charge in [0, 0.05) is 0 Å². The molecule has 0 N–H and O–H groups in total. The van der Waals surface area contributed by atoms with E-state index >= 15 is 0 Å². The standard InChI is InChI=1S/C22H22N2O6S/c1-3-27-16-10-7-11-18-20(16)24(12-19(25)28-4-2)22(31-18)23-21(26)17-13-29-14-8-5-6-9-15(14)30-17/h5-11,17H,3-4,12-13H2,1-2H3. The van der Waals surface area contributed by atoms with E-state index in [1.165, 1.54) is 11.3 Å². The zero-order chi connectivity index (χ0) is 21.8. The zero-order valence-corrected chi connectivity index (χ0v) is 18.0. The summed E-state index contributed by atoms with van der Waals surface area (Å²) in [4.78, 5) is 29.8. The predicted octanol–water partition coefficient (Wildman–Crippen LogP) is 2.93. The van der Waals surface area contributed by atoms with Crippen LogP contribution in [0.5, 0.6) is 17.2 Å². The van der Waals surface area contributed by atoms with E-state index in [2.05, 4.69) is 4.99 Å². The van der Waals surface area contributed by atoms with Gasteiger partial charge in [0.25, 0.3) is 5.91 Å². The first-order valence-corrected chi connectivity index (χ1v) is 10.8. The van der Waals surface area contributed by atoms with Gasteiger partial charge in [0.05, 0.1) is 17.9 Å². The van der Waals surface area contributed by atoms with Crippen LogP contribution in [0.25, 0.3) is 10.2 Å². The van der Waals surface area contributed by atoms with Gasteiger partial charge in [-0.2, -0.15) is 4.99 Å². The minimum absolute atomic E-state index is 0.0618. The molecule has 162 valence electrons. The van der Waals surface area contributed by atoms with Gasteiger partial charge in [-0.25, -0.2) is 0 Å². The van der Waals surface area contributed by atoms with Crippen molar-refractivity contribution in [3.63, 3.8) is 0 Å². The Morgan fingerprint density at radius 3 is 2.71 bits per heavy atom. The summed E-state index contributed by atoms with van der Waals surface area (Å²) in [7, 11) is 0. The molecule has 0 saturated heterocycles. The van der Waals surface area contributed by atoms with Crippen molar-refractivity contribution >= 4 is 33.4 Å². The van der Waals surface area contributed by atoms with Crippen LogP contribution in [0, 0.1) is 0 Å². The summed E-state index contributed by atoms with van der Waals surface area (Å²) in [5.41, 5.74) is 0.695. The number of nitrogens with zero attached hydrogens (tertiary/aromatic N) is 2. The lowest BCUT2D eigenvalue weighted by Gasteiger charge is -2.23. The number of amides is 1. The maximum atomic E-state index is 12.9. The van der Waals surface area contributed by atoms with Crippen molar-refractivity contribution < 1.29 is 28.5 Å². The quantitative estimate of drug-likeness (QED) is 0.546. The van der Waals surface area contributed by atoms with E-state index in [0.717, 1.165) is 4.70 Å². The molecule has 1 unspecified atom stereocenters. The Kier molecular flexibility index (Phi) is 6.22. The Morgan fingerprint density at radius 1 is 1.13 bits per heavy atom. The van der Waals surface area contributed by atoms with Crippen LogP contribution in [0.2, 0.25) is 0 Å². The van der Waals surface area contributed by atoms with Crippen molar-refractivity contribution in [1.29, 1.82) is 0 Å². The van der Waals surface area contributed by atoms with Crippen molar-refractivity contribution in [2.45, 2.75) is 26.5 Å². The van der Waals surface area contributed by atoms with Crippen molar-refractivity contribution in [3.8, 4) is 17.2 Å². The fourth-order valence-corrected chi connectivity index (χ4v) is 4.30. The summed E-state index contributed by atoms with van der Waals surface area (Å²) in [6, 6.07) is 12.7. The maximum absolute atomic E-state index is 12.9. The normalized spacial score (nSPS) is 15.7. The molecule has 1 amide bonds. The Morgan fingerprint density at radius 2 is 1.94 bits per heavy atom. The van der Waals surface area contributed by atoms with E-state index in [1.54, 1.807) is 29.7 Å². The van der Waals surface area contributed by atoms with Crippen molar-refractivity contribution in [1.82, 2.24) is 4.57 Å². The first kappa shape index (κ1) is 20.9. The van der Waals surface area contributed by atoms with Crippen LogP contribution < -0.4 is 19.0 Å². The number of benzene rings is 2. The van der Waals surface area contributed by atoms with E-state index in [-0.39, 0.29) is 19.8 Å². The molecule has 4 rings (SSSR count). The van der Waals surface area contributed by atoms with Crippen LogP contribution in [0.1, 0.15) is 13.8 Å². The van der Waals surface area contributed by atoms with Gasteiger partial charge in [-0.05, 0) is 38.1 Å². The lowest BCUT2D eigenvalue weighted by Crippen LogP contribution is -2.37. The second kappa shape index (κ2) is 9.22. The number of rotatable bonds is 6. The van der Waals surface area contributed by atoms with Crippen LogP contribution >= 0.6 is 11.3 Å². The number of hydrogen-bond donors (Lipinski definition) is 0.